The third-order valence-electron chi connectivity index (χ3n) is 6.47. The summed E-state index contributed by atoms with van der Waals surface area (Å²) >= 11 is 6.30. The molecule has 0 amide bonds. The zero-order valence-corrected chi connectivity index (χ0v) is 21.4. The Balaban J connectivity index is 1.34. The SMILES string of the molecule is CC1(C)CN=C(c2ccc(Nc3ncc4c(n3)-c3ccc(Cl)cc3C(c3c(F)cccc3F)=NC4)cc2)N1. The van der Waals surface area contributed by atoms with Gasteiger partial charge in [0.2, 0.25) is 5.95 Å². The Hall–Kier alpha value is -4.17. The summed E-state index contributed by atoms with van der Waals surface area (Å²) in [5, 5.41) is 7.10. The summed E-state index contributed by atoms with van der Waals surface area (Å²) < 4.78 is 29.5. The van der Waals surface area contributed by atoms with Crippen molar-refractivity contribution in [1.29, 1.82) is 0 Å². The molecule has 0 atom stereocenters. The van der Waals surface area contributed by atoms with Gasteiger partial charge < -0.3 is 10.6 Å². The maximum absolute atomic E-state index is 14.8. The molecule has 1 aromatic heterocycles. The number of anilines is 2. The molecule has 2 aliphatic rings. The fourth-order valence-electron chi connectivity index (χ4n) is 4.60. The normalized spacial score (nSPS) is 15.5. The predicted molar refractivity (Wildman–Crippen MR) is 147 cm³/mol. The largest absolute Gasteiger partial charge is 0.363 e. The van der Waals surface area contributed by atoms with Gasteiger partial charge >= 0.3 is 0 Å². The zero-order valence-electron chi connectivity index (χ0n) is 20.7. The van der Waals surface area contributed by atoms with Gasteiger partial charge in [0.25, 0.3) is 0 Å². The van der Waals surface area contributed by atoms with E-state index in [2.05, 4.69) is 39.4 Å². The number of aliphatic imine (C=N–C) groups is 2. The summed E-state index contributed by atoms with van der Waals surface area (Å²) in [7, 11) is 0. The summed E-state index contributed by atoms with van der Waals surface area (Å²) in [6.45, 7) is 5.11. The van der Waals surface area contributed by atoms with Crippen LogP contribution < -0.4 is 10.6 Å². The van der Waals surface area contributed by atoms with Crippen LogP contribution in [0.3, 0.4) is 0 Å². The molecule has 0 aliphatic carbocycles. The van der Waals surface area contributed by atoms with E-state index in [0.717, 1.165) is 29.2 Å². The van der Waals surface area contributed by atoms with Crippen LogP contribution in [0.2, 0.25) is 5.02 Å². The molecular formula is C29H23ClF2N6. The number of amidine groups is 1. The topological polar surface area (TPSA) is 74.6 Å². The van der Waals surface area contributed by atoms with Crippen LogP contribution >= 0.6 is 11.6 Å². The van der Waals surface area contributed by atoms with E-state index in [1.807, 2.05) is 24.3 Å². The van der Waals surface area contributed by atoms with Gasteiger partial charge in [0, 0.05) is 39.2 Å². The monoisotopic (exact) mass is 528 g/mol. The number of nitrogens with one attached hydrogen (secondary N) is 2. The van der Waals surface area contributed by atoms with Crippen LogP contribution in [0.25, 0.3) is 11.3 Å². The Morgan fingerprint density at radius 3 is 2.42 bits per heavy atom. The van der Waals surface area contributed by atoms with Gasteiger partial charge in [-0.1, -0.05) is 23.7 Å². The highest BCUT2D eigenvalue weighted by molar-refractivity contribution is 6.31. The minimum absolute atomic E-state index is 0.0515. The quantitative estimate of drug-likeness (QED) is 0.326. The van der Waals surface area contributed by atoms with Crippen molar-refractivity contribution in [3.63, 3.8) is 0 Å². The lowest BCUT2D eigenvalue weighted by molar-refractivity contribution is 0.506. The van der Waals surface area contributed by atoms with E-state index in [1.54, 1.807) is 24.4 Å². The molecule has 6 rings (SSSR count). The van der Waals surface area contributed by atoms with Crippen molar-refractivity contribution in [2.24, 2.45) is 9.98 Å². The zero-order chi connectivity index (χ0) is 26.4. The van der Waals surface area contributed by atoms with Gasteiger partial charge in [-0.3, -0.25) is 9.98 Å². The van der Waals surface area contributed by atoms with E-state index in [0.29, 0.717) is 27.8 Å². The van der Waals surface area contributed by atoms with Gasteiger partial charge in [0.1, 0.15) is 17.5 Å². The lowest BCUT2D eigenvalue weighted by Gasteiger charge is -2.18. The van der Waals surface area contributed by atoms with Crippen LogP contribution in [0.1, 0.15) is 36.1 Å². The standard InChI is InChI=1S/C29H23ClF2N6/c1-29(2)15-35-27(38-29)16-6-9-19(10-7-16)36-28-34-14-17-13-33-26(24-22(31)4-3-5-23(24)32)21-12-18(30)8-11-20(21)25(17)37-28/h3-12,14H,13,15H2,1-2H3,(H,35,38)(H,34,36,37). The first-order valence-electron chi connectivity index (χ1n) is 12.1. The molecular weight excluding hydrogens is 506 g/mol. The molecule has 38 heavy (non-hydrogen) atoms. The van der Waals surface area contributed by atoms with Crippen molar-refractivity contribution in [1.82, 2.24) is 15.3 Å². The van der Waals surface area contributed by atoms with E-state index in [4.69, 9.17) is 16.6 Å². The van der Waals surface area contributed by atoms with Crippen molar-refractivity contribution in [2.75, 3.05) is 11.9 Å². The molecule has 190 valence electrons. The second kappa shape index (κ2) is 9.29. The summed E-state index contributed by atoms with van der Waals surface area (Å²) in [6, 6.07) is 16.8. The van der Waals surface area contributed by atoms with Crippen molar-refractivity contribution >= 4 is 34.8 Å². The Labute approximate surface area is 223 Å². The van der Waals surface area contributed by atoms with Crippen LogP contribution in [0.5, 0.6) is 0 Å². The highest BCUT2D eigenvalue weighted by Crippen LogP contribution is 2.34. The van der Waals surface area contributed by atoms with Gasteiger partial charge in [-0.2, -0.15) is 0 Å². The molecule has 2 aliphatic heterocycles. The lowest BCUT2D eigenvalue weighted by atomic mass is 9.95. The molecule has 3 aromatic carbocycles. The molecule has 6 nitrogen and oxygen atoms in total. The summed E-state index contributed by atoms with van der Waals surface area (Å²) in [6.07, 6.45) is 1.68. The number of hydrogen-bond donors (Lipinski definition) is 2. The third kappa shape index (κ3) is 4.52. The molecule has 0 bridgehead atoms. The van der Waals surface area contributed by atoms with E-state index in [-0.39, 0.29) is 23.4 Å². The highest BCUT2D eigenvalue weighted by atomic mass is 35.5. The molecule has 0 fully saturated rings. The number of benzene rings is 3. The smallest absolute Gasteiger partial charge is 0.227 e. The Kier molecular flexibility index (Phi) is 5.91. The van der Waals surface area contributed by atoms with Crippen LogP contribution in [-0.2, 0) is 6.54 Å². The van der Waals surface area contributed by atoms with Crippen LogP contribution in [0.15, 0.2) is 76.8 Å². The van der Waals surface area contributed by atoms with Gasteiger partial charge in [-0.05, 0) is 62.4 Å². The molecule has 9 heteroatoms. The Bertz CT molecular complexity index is 1610. The van der Waals surface area contributed by atoms with Gasteiger partial charge in [-0.25, -0.2) is 18.7 Å². The number of rotatable bonds is 4. The molecule has 3 heterocycles. The Morgan fingerprint density at radius 2 is 1.71 bits per heavy atom. The molecule has 4 aromatic rings. The average Bonchev–Trinajstić information content (AvgIpc) is 3.18. The number of nitrogens with zero attached hydrogens (tertiary/aromatic N) is 4. The molecule has 0 spiro atoms. The molecule has 0 saturated heterocycles. The van der Waals surface area contributed by atoms with E-state index in [9.17, 15) is 8.78 Å². The maximum Gasteiger partial charge on any atom is 0.227 e. The summed E-state index contributed by atoms with van der Waals surface area (Å²) in [5.74, 6) is -0.129. The van der Waals surface area contributed by atoms with E-state index < -0.39 is 11.6 Å². The van der Waals surface area contributed by atoms with Crippen LogP contribution in [0, 0.1) is 11.6 Å². The summed E-state index contributed by atoms with van der Waals surface area (Å²) in [5.41, 5.74) is 4.26. The van der Waals surface area contributed by atoms with E-state index in [1.165, 1.54) is 18.2 Å². The first-order chi connectivity index (χ1) is 18.3. The predicted octanol–water partition coefficient (Wildman–Crippen LogP) is 6.30. The van der Waals surface area contributed by atoms with Crippen molar-refractivity contribution in [2.45, 2.75) is 25.9 Å². The Morgan fingerprint density at radius 1 is 0.947 bits per heavy atom. The molecule has 0 radical (unpaired) electrons. The van der Waals surface area contributed by atoms with Crippen LogP contribution in [0.4, 0.5) is 20.4 Å². The number of aromatic nitrogens is 2. The van der Waals surface area contributed by atoms with Gasteiger partial charge in [0.15, 0.2) is 0 Å². The van der Waals surface area contributed by atoms with Crippen LogP contribution in [-0.4, -0.2) is 33.6 Å². The maximum atomic E-state index is 14.8. The number of fused-ring (bicyclic) bond motifs is 3. The minimum atomic E-state index is -0.695. The number of halogens is 3. The second-order valence-corrected chi connectivity index (χ2v) is 10.3. The number of hydrogen-bond acceptors (Lipinski definition) is 6. The van der Waals surface area contributed by atoms with E-state index >= 15 is 0 Å². The average molecular weight is 529 g/mol. The molecule has 0 unspecified atom stereocenters. The third-order valence-corrected chi connectivity index (χ3v) is 6.70. The molecule has 0 saturated carbocycles. The highest BCUT2D eigenvalue weighted by Gasteiger charge is 2.26. The van der Waals surface area contributed by atoms with Crippen molar-refractivity contribution < 1.29 is 8.78 Å². The second-order valence-electron chi connectivity index (χ2n) is 9.89. The lowest BCUT2D eigenvalue weighted by Crippen LogP contribution is -2.39. The van der Waals surface area contributed by atoms with Gasteiger partial charge in [0.05, 0.1) is 35.6 Å². The van der Waals surface area contributed by atoms with Crippen molar-refractivity contribution in [3.05, 3.63) is 106 Å². The fourth-order valence-corrected chi connectivity index (χ4v) is 4.77. The summed E-state index contributed by atoms with van der Waals surface area (Å²) in [4.78, 5) is 18.4. The van der Waals surface area contributed by atoms with Crippen molar-refractivity contribution in [3.8, 4) is 11.3 Å². The first-order valence-corrected chi connectivity index (χ1v) is 12.5. The fraction of sp³-hybridized carbons (Fsp3) is 0.172. The van der Waals surface area contributed by atoms with Gasteiger partial charge in [-0.15, -0.1) is 0 Å². The minimum Gasteiger partial charge on any atom is -0.363 e. The first kappa shape index (κ1) is 24.2. The molecule has 2 N–H and O–H groups in total.